The number of para-hydroxylation sites is 1. The Morgan fingerprint density at radius 3 is 1.79 bits per heavy atom. The van der Waals surface area contributed by atoms with Crippen LogP contribution in [0.25, 0.3) is 137 Å². The number of nitrogens with zero attached hydrogens (tertiary/aromatic N) is 5. The van der Waals surface area contributed by atoms with Crippen LogP contribution < -0.4 is 0 Å². The second kappa shape index (κ2) is 15.4. The van der Waals surface area contributed by atoms with E-state index in [-0.39, 0.29) is 0 Å². The standard InChI is InChI=1S/C62H37N5S/c1-3-16-40(17-4-1)58-51-36-52-55(37-50(51)46-21-9-11-26-53(46)63-58)67(44-34-33-38-15-7-8-20-43(38)35-44)54-27-14-25-49(57(52)54)62-65-60(41-18-5-2-6-19-41)64-61(66-62)42-31-29-39(30-32-42)45-23-13-24-48-47-22-10-12-28-56(47)68-59(45)48/h1-37H. The van der Waals surface area contributed by atoms with Crippen molar-refractivity contribution in [1.29, 1.82) is 0 Å². The molecule has 68 heavy (non-hydrogen) atoms. The number of thiophene rings is 1. The molecule has 0 spiro atoms. The summed E-state index contributed by atoms with van der Waals surface area (Å²) in [5.41, 5.74) is 11.4. The summed E-state index contributed by atoms with van der Waals surface area (Å²) in [6, 6.07) is 79.8. The van der Waals surface area contributed by atoms with E-state index in [9.17, 15) is 0 Å². The number of benzene rings is 10. The van der Waals surface area contributed by atoms with Gasteiger partial charge in [-0.15, -0.1) is 11.3 Å². The fourth-order valence-electron chi connectivity index (χ4n) is 10.2. The molecule has 4 heterocycles. The number of aromatic nitrogens is 5. The third-order valence-electron chi connectivity index (χ3n) is 13.4. The Hall–Kier alpha value is -8.84. The van der Waals surface area contributed by atoms with Crippen molar-refractivity contribution in [3.63, 3.8) is 0 Å². The van der Waals surface area contributed by atoms with Gasteiger partial charge in [-0.3, -0.25) is 0 Å². The van der Waals surface area contributed by atoms with E-state index in [4.69, 9.17) is 19.9 Å². The minimum Gasteiger partial charge on any atom is -0.309 e. The van der Waals surface area contributed by atoms with Crippen LogP contribution in [0.4, 0.5) is 0 Å². The molecule has 0 aliphatic rings. The molecule has 14 rings (SSSR count). The average molecular weight is 884 g/mol. The molecule has 0 saturated heterocycles. The molecule has 14 aromatic rings. The third-order valence-corrected chi connectivity index (χ3v) is 14.6. The van der Waals surface area contributed by atoms with Crippen LogP contribution in [0.15, 0.2) is 224 Å². The van der Waals surface area contributed by atoms with Crippen LogP contribution in [0.3, 0.4) is 0 Å². The summed E-state index contributed by atoms with van der Waals surface area (Å²) in [4.78, 5) is 21.2. The van der Waals surface area contributed by atoms with Crippen molar-refractivity contribution in [2.75, 3.05) is 0 Å². The average Bonchev–Trinajstić information content (AvgIpc) is 3.96. The van der Waals surface area contributed by atoms with Crippen LogP contribution >= 0.6 is 11.3 Å². The Labute approximate surface area is 394 Å². The van der Waals surface area contributed by atoms with Gasteiger partial charge in [-0.05, 0) is 69.8 Å². The van der Waals surface area contributed by atoms with E-state index < -0.39 is 0 Å². The minimum atomic E-state index is 0.608. The summed E-state index contributed by atoms with van der Waals surface area (Å²) in [6.45, 7) is 0. The molecule has 0 unspecified atom stereocenters. The molecule has 6 heteroatoms. The predicted octanol–water partition coefficient (Wildman–Crippen LogP) is 16.5. The van der Waals surface area contributed by atoms with E-state index in [0.717, 1.165) is 82.7 Å². The molecule has 4 aromatic heterocycles. The van der Waals surface area contributed by atoms with Gasteiger partial charge in [0.2, 0.25) is 0 Å². The summed E-state index contributed by atoms with van der Waals surface area (Å²) in [7, 11) is 0. The first-order valence-corrected chi connectivity index (χ1v) is 23.7. The number of rotatable bonds is 6. The van der Waals surface area contributed by atoms with Crippen molar-refractivity contribution in [2.24, 2.45) is 0 Å². The summed E-state index contributed by atoms with van der Waals surface area (Å²) in [5.74, 6) is 1.84. The predicted molar refractivity (Wildman–Crippen MR) is 285 cm³/mol. The molecule has 0 fully saturated rings. The molecular formula is C62H37N5S. The maximum absolute atomic E-state index is 5.39. The molecule has 0 aliphatic carbocycles. The lowest BCUT2D eigenvalue weighted by Crippen LogP contribution is -2.00. The van der Waals surface area contributed by atoms with Gasteiger partial charge >= 0.3 is 0 Å². The zero-order valence-electron chi connectivity index (χ0n) is 36.5. The summed E-state index contributed by atoms with van der Waals surface area (Å²) < 4.78 is 5.00. The van der Waals surface area contributed by atoms with E-state index in [1.807, 2.05) is 29.5 Å². The van der Waals surface area contributed by atoms with Crippen molar-refractivity contribution < 1.29 is 0 Å². The third kappa shape index (κ3) is 6.15. The Morgan fingerprint density at radius 1 is 0.338 bits per heavy atom. The zero-order valence-corrected chi connectivity index (χ0v) is 37.3. The Morgan fingerprint density at radius 2 is 0.971 bits per heavy atom. The lowest BCUT2D eigenvalue weighted by Gasteiger charge is -2.13. The Bertz CT molecular complexity index is 4310. The van der Waals surface area contributed by atoms with E-state index in [1.54, 1.807) is 0 Å². The first kappa shape index (κ1) is 38.4. The van der Waals surface area contributed by atoms with Gasteiger partial charge in [-0.2, -0.15) is 0 Å². The number of pyridine rings is 1. The van der Waals surface area contributed by atoms with Crippen molar-refractivity contribution >= 4 is 85.8 Å². The highest BCUT2D eigenvalue weighted by Gasteiger charge is 2.23. The van der Waals surface area contributed by atoms with Gasteiger partial charge in [-0.1, -0.05) is 182 Å². The maximum atomic E-state index is 5.39. The molecule has 316 valence electrons. The number of hydrogen-bond acceptors (Lipinski definition) is 5. The lowest BCUT2D eigenvalue weighted by molar-refractivity contribution is 1.08. The topological polar surface area (TPSA) is 56.5 Å². The smallest absolute Gasteiger partial charge is 0.164 e. The summed E-state index contributed by atoms with van der Waals surface area (Å²) >= 11 is 1.85. The second-order valence-corrected chi connectivity index (χ2v) is 18.4. The second-order valence-electron chi connectivity index (χ2n) is 17.4. The van der Waals surface area contributed by atoms with Crippen LogP contribution in [0.5, 0.6) is 0 Å². The monoisotopic (exact) mass is 883 g/mol. The van der Waals surface area contributed by atoms with Gasteiger partial charge in [0.1, 0.15) is 0 Å². The maximum Gasteiger partial charge on any atom is 0.164 e. The first-order chi connectivity index (χ1) is 33.7. The highest BCUT2D eigenvalue weighted by atomic mass is 32.1. The van der Waals surface area contributed by atoms with Gasteiger partial charge in [0, 0.05) is 69.7 Å². The van der Waals surface area contributed by atoms with Crippen LogP contribution in [0.1, 0.15) is 0 Å². The number of fused-ring (bicyclic) bond motifs is 10. The van der Waals surface area contributed by atoms with E-state index in [0.29, 0.717) is 17.5 Å². The first-order valence-electron chi connectivity index (χ1n) is 22.9. The van der Waals surface area contributed by atoms with Gasteiger partial charge in [0.05, 0.1) is 22.2 Å². The molecule has 0 amide bonds. The largest absolute Gasteiger partial charge is 0.309 e. The van der Waals surface area contributed by atoms with E-state index in [1.165, 1.54) is 36.5 Å². The molecule has 0 atom stereocenters. The van der Waals surface area contributed by atoms with Crippen molar-refractivity contribution in [1.82, 2.24) is 24.5 Å². The van der Waals surface area contributed by atoms with Crippen LogP contribution in [0, 0.1) is 0 Å². The van der Waals surface area contributed by atoms with Crippen molar-refractivity contribution in [3.05, 3.63) is 224 Å². The van der Waals surface area contributed by atoms with Gasteiger partial charge in [0.25, 0.3) is 0 Å². The molecule has 0 bridgehead atoms. The molecule has 0 N–H and O–H groups in total. The highest BCUT2D eigenvalue weighted by molar-refractivity contribution is 7.26. The van der Waals surface area contributed by atoms with Gasteiger partial charge in [0.15, 0.2) is 17.5 Å². The van der Waals surface area contributed by atoms with E-state index in [2.05, 4.69) is 211 Å². The van der Waals surface area contributed by atoms with Crippen LogP contribution in [-0.2, 0) is 0 Å². The number of hydrogen-bond donors (Lipinski definition) is 0. The molecule has 0 aliphatic heterocycles. The van der Waals surface area contributed by atoms with Crippen LogP contribution in [-0.4, -0.2) is 24.5 Å². The fraction of sp³-hybridized carbons (Fsp3) is 0. The SMILES string of the molecule is c1ccc(-c2nc(-c3ccc(-c4cccc5c4sc4ccccc45)cc3)nc(-c3cccc4c3c3cc5c(-c6ccccc6)nc6ccccc6c5cc3n4-c3ccc4ccccc4c3)n2)cc1. The van der Waals surface area contributed by atoms with E-state index >= 15 is 0 Å². The highest BCUT2D eigenvalue weighted by Crippen LogP contribution is 2.44. The van der Waals surface area contributed by atoms with Crippen molar-refractivity contribution in [2.45, 2.75) is 0 Å². The normalized spacial score (nSPS) is 11.8. The fourth-order valence-corrected chi connectivity index (χ4v) is 11.5. The Kier molecular flexibility index (Phi) is 8.69. The molecule has 5 nitrogen and oxygen atoms in total. The minimum absolute atomic E-state index is 0.608. The molecule has 0 saturated carbocycles. The zero-order chi connectivity index (χ0) is 44.7. The Balaban J connectivity index is 1.02. The lowest BCUT2D eigenvalue weighted by atomic mass is 9.97. The van der Waals surface area contributed by atoms with Crippen LogP contribution in [0.2, 0.25) is 0 Å². The quantitative estimate of drug-likeness (QED) is 0.156. The molecule has 10 aromatic carbocycles. The van der Waals surface area contributed by atoms with Gasteiger partial charge < -0.3 is 4.57 Å². The molecule has 0 radical (unpaired) electrons. The van der Waals surface area contributed by atoms with Crippen molar-refractivity contribution in [3.8, 4) is 62.2 Å². The van der Waals surface area contributed by atoms with Gasteiger partial charge in [-0.25, -0.2) is 19.9 Å². The molecular weight excluding hydrogens is 847 g/mol. The summed E-state index contributed by atoms with van der Waals surface area (Å²) in [5, 5.41) is 10.5. The summed E-state index contributed by atoms with van der Waals surface area (Å²) in [6.07, 6.45) is 0.